The van der Waals surface area contributed by atoms with Gasteiger partial charge in [0, 0.05) is 13.1 Å². The molecule has 1 saturated heterocycles. The topological polar surface area (TPSA) is 378 Å². The van der Waals surface area contributed by atoms with Crippen molar-refractivity contribution in [2.75, 3.05) is 26.2 Å². The van der Waals surface area contributed by atoms with Gasteiger partial charge in [-0.15, -0.1) is 0 Å². The molecule has 256 valence electrons. The predicted octanol–water partition coefficient (Wildman–Crippen LogP) is -6.77. The van der Waals surface area contributed by atoms with Crippen molar-refractivity contribution in [1.82, 2.24) is 31.9 Å². The zero-order chi connectivity index (χ0) is 34.8. The van der Waals surface area contributed by atoms with Gasteiger partial charge in [0.1, 0.15) is 24.2 Å². The number of guanidine groups is 2. The number of nitrogens with one attached hydrogen (secondary N) is 6. The third kappa shape index (κ3) is 15.7. The van der Waals surface area contributed by atoms with Gasteiger partial charge in [0.25, 0.3) is 0 Å². The van der Waals surface area contributed by atoms with E-state index in [4.69, 9.17) is 22.9 Å². The number of nitrogens with two attached hydrogens (primary N) is 4. The number of carbonyl (C=O) groups is 8. The van der Waals surface area contributed by atoms with E-state index >= 15 is 0 Å². The van der Waals surface area contributed by atoms with Crippen molar-refractivity contribution in [3.8, 4) is 0 Å². The lowest BCUT2D eigenvalue weighted by molar-refractivity contribution is -0.142. The van der Waals surface area contributed by atoms with Crippen LogP contribution in [0.15, 0.2) is 9.98 Å². The van der Waals surface area contributed by atoms with Crippen LogP contribution >= 0.6 is 0 Å². The van der Waals surface area contributed by atoms with Crippen LogP contribution in [0.3, 0.4) is 0 Å². The van der Waals surface area contributed by atoms with Gasteiger partial charge in [0.15, 0.2) is 11.9 Å². The number of carbonyl (C=O) groups excluding carboxylic acids is 6. The Labute approximate surface area is 261 Å². The molecule has 1 aliphatic rings. The Morgan fingerprint density at radius 3 is 1.24 bits per heavy atom. The first kappa shape index (κ1) is 38.3. The molecule has 1 aliphatic heterocycles. The number of aliphatic imine (C=N–C) groups is 2. The lowest BCUT2D eigenvalue weighted by Gasteiger charge is -2.24. The summed E-state index contributed by atoms with van der Waals surface area (Å²) in [5.41, 5.74) is 21.1. The van der Waals surface area contributed by atoms with Crippen LogP contribution in [0, 0.1) is 0 Å². The number of carboxylic acids is 2. The van der Waals surface area contributed by atoms with Crippen molar-refractivity contribution in [3.05, 3.63) is 0 Å². The molecular weight excluding hydrogens is 616 g/mol. The number of aliphatic carboxylic acids is 2. The zero-order valence-corrected chi connectivity index (χ0v) is 24.7. The molecular formula is C24H40N12O10. The molecule has 0 unspecified atom stereocenters. The molecule has 4 atom stereocenters. The van der Waals surface area contributed by atoms with E-state index < -0.39 is 97.5 Å². The van der Waals surface area contributed by atoms with Crippen LogP contribution in [-0.2, 0) is 38.4 Å². The maximum atomic E-state index is 13.0. The maximum Gasteiger partial charge on any atom is 0.305 e. The van der Waals surface area contributed by atoms with E-state index in [9.17, 15) is 48.6 Å². The van der Waals surface area contributed by atoms with Gasteiger partial charge in [-0.25, -0.2) is 0 Å². The second-order valence-corrected chi connectivity index (χ2v) is 9.89. The summed E-state index contributed by atoms with van der Waals surface area (Å²) in [7, 11) is 0. The number of carboxylic acid groups (broad SMARTS) is 2. The average Bonchev–Trinajstić information content (AvgIpc) is 2.95. The number of amides is 6. The lowest BCUT2D eigenvalue weighted by Crippen LogP contribution is -2.58. The van der Waals surface area contributed by atoms with E-state index in [-0.39, 0.29) is 50.7 Å². The van der Waals surface area contributed by atoms with Crippen molar-refractivity contribution in [3.63, 3.8) is 0 Å². The van der Waals surface area contributed by atoms with Gasteiger partial charge in [-0.1, -0.05) is 0 Å². The minimum Gasteiger partial charge on any atom is -0.481 e. The van der Waals surface area contributed by atoms with E-state index in [1.54, 1.807) is 0 Å². The first-order chi connectivity index (χ1) is 21.6. The largest absolute Gasteiger partial charge is 0.481 e. The Bertz CT molecular complexity index is 1120. The van der Waals surface area contributed by atoms with Crippen molar-refractivity contribution in [2.24, 2.45) is 32.9 Å². The molecule has 0 saturated carbocycles. The van der Waals surface area contributed by atoms with Crippen LogP contribution in [0.1, 0.15) is 38.5 Å². The number of rotatable bonds is 12. The minimum absolute atomic E-state index is 0.0404. The fraction of sp³-hybridized carbons (Fsp3) is 0.583. The molecule has 0 aliphatic carbocycles. The molecule has 46 heavy (non-hydrogen) atoms. The first-order valence-corrected chi connectivity index (χ1v) is 13.9. The molecule has 0 bridgehead atoms. The third-order valence-electron chi connectivity index (χ3n) is 6.06. The van der Waals surface area contributed by atoms with Crippen molar-refractivity contribution in [2.45, 2.75) is 62.7 Å². The molecule has 0 aromatic rings. The van der Waals surface area contributed by atoms with Crippen molar-refractivity contribution < 1.29 is 48.6 Å². The Morgan fingerprint density at radius 1 is 0.587 bits per heavy atom. The monoisotopic (exact) mass is 656 g/mol. The van der Waals surface area contributed by atoms with Crippen molar-refractivity contribution in [1.29, 1.82) is 0 Å². The Morgan fingerprint density at radius 2 is 0.935 bits per heavy atom. The quantitative estimate of drug-likeness (QED) is 0.0528. The molecule has 0 spiro atoms. The smallest absolute Gasteiger partial charge is 0.305 e. The second kappa shape index (κ2) is 19.6. The van der Waals surface area contributed by atoms with Gasteiger partial charge in [-0.3, -0.25) is 48.3 Å². The summed E-state index contributed by atoms with van der Waals surface area (Å²) in [4.78, 5) is 108. The minimum atomic E-state index is -1.69. The second-order valence-electron chi connectivity index (χ2n) is 9.89. The van der Waals surface area contributed by atoms with Gasteiger partial charge in [0.2, 0.25) is 35.4 Å². The van der Waals surface area contributed by atoms with E-state index in [2.05, 4.69) is 41.9 Å². The van der Waals surface area contributed by atoms with E-state index in [1.807, 2.05) is 0 Å². The predicted molar refractivity (Wildman–Crippen MR) is 158 cm³/mol. The fourth-order valence-corrected chi connectivity index (χ4v) is 3.93. The highest BCUT2D eigenvalue weighted by atomic mass is 16.4. The molecule has 22 heteroatoms. The van der Waals surface area contributed by atoms with Crippen molar-refractivity contribution >= 4 is 59.3 Å². The molecule has 1 heterocycles. The highest BCUT2D eigenvalue weighted by Crippen LogP contribution is 2.04. The summed E-state index contributed by atoms with van der Waals surface area (Å²) in [5.74, 6) is -9.37. The normalized spacial score (nSPS) is 21.8. The molecule has 1 rings (SSSR count). The molecule has 0 aromatic heterocycles. The van der Waals surface area contributed by atoms with E-state index in [0.717, 1.165) is 0 Å². The van der Waals surface area contributed by atoms with Crippen LogP contribution in [-0.4, -0.2) is 120 Å². The highest BCUT2D eigenvalue weighted by Gasteiger charge is 2.31. The van der Waals surface area contributed by atoms with Gasteiger partial charge in [-0.05, 0) is 25.7 Å². The summed E-state index contributed by atoms with van der Waals surface area (Å²) >= 11 is 0. The molecule has 1 fully saturated rings. The van der Waals surface area contributed by atoms with Gasteiger partial charge in [-0.2, -0.15) is 0 Å². The van der Waals surface area contributed by atoms with Crippen LogP contribution in [0.4, 0.5) is 0 Å². The standard InChI is InChI=1S/C24H40N12O10/c25-23(26)29-5-1-3-11-19(43)31-9-15(37)34-14(8-18(41)42)22(46)36-12(4-2-6-30-24(27)28)20(44)32-10-16(38)33-13(7-17(39)40)21(45)35-11/h11-14H,1-10H2,(H,31,43)(H,32,44)(H,33,38)(H,34,37)(H,35,45)(H,36,46)(H,39,40)(H,41,42)(H4,25,26,29)(H4,27,28,30)/t11-,12-,13-,14-/m0/s1. The Hall–Kier alpha value is -5.70. The van der Waals surface area contributed by atoms with Crippen LogP contribution < -0.4 is 54.8 Å². The van der Waals surface area contributed by atoms with E-state index in [0.29, 0.717) is 0 Å². The summed E-state index contributed by atoms with van der Waals surface area (Å²) < 4.78 is 0. The maximum absolute atomic E-state index is 13.0. The van der Waals surface area contributed by atoms with Gasteiger partial charge >= 0.3 is 11.9 Å². The number of hydrogen-bond donors (Lipinski definition) is 12. The highest BCUT2D eigenvalue weighted by molar-refractivity contribution is 5.98. The molecule has 6 amide bonds. The zero-order valence-electron chi connectivity index (χ0n) is 24.7. The summed E-state index contributed by atoms with van der Waals surface area (Å²) in [5, 5.41) is 32.0. The molecule has 0 aromatic carbocycles. The van der Waals surface area contributed by atoms with E-state index in [1.165, 1.54) is 0 Å². The number of nitrogens with zero attached hydrogens (tertiary/aromatic N) is 2. The van der Waals surface area contributed by atoms with Crippen LogP contribution in [0.5, 0.6) is 0 Å². The summed E-state index contributed by atoms with van der Waals surface area (Å²) in [6, 6.07) is -6.13. The summed E-state index contributed by atoms with van der Waals surface area (Å²) in [6.07, 6.45) is -1.73. The summed E-state index contributed by atoms with van der Waals surface area (Å²) in [6.45, 7) is -1.47. The molecule has 22 nitrogen and oxygen atoms in total. The van der Waals surface area contributed by atoms with Crippen LogP contribution in [0.25, 0.3) is 0 Å². The fourth-order valence-electron chi connectivity index (χ4n) is 3.93. The van der Waals surface area contributed by atoms with Crippen LogP contribution in [0.2, 0.25) is 0 Å². The Kier molecular flexibility index (Phi) is 16.3. The lowest BCUT2D eigenvalue weighted by atomic mass is 10.1. The molecule has 0 radical (unpaired) electrons. The average molecular weight is 657 g/mol. The van der Waals surface area contributed by atoms with Gasteiger partial charge < -0.3 is 65.0 Å². The third-order valence-corrected chi connectivity index (χ3v) is 6.06. The number of hydrogen-bond acceptors (Lipinski definition) is 10. The Balaban J connectivity index is 3.35. The van der Waals surface area contributed by atoms with Gasteiger partial charge in [0.05, 0.1) is 25.9 Å². The SMILES string of the molecule is NC(N)=NCCC[C@@H]1NC(=O)[C@H](CC(=O)O)NC(=O)CNC(=O)[C@H](CCCN=C(N)N)NC(=O)[C@H](CC(=O)O)NC(=O)CNC1=O. The first-order valence-electron chi connectivity index (χ1n) is 13.9. The molecule has 16 N–H and O–H groups in total.